The van der Waals surface area contributed by atoms with E-state index in [2.05, 4.69) is 10.3 Å². The van der Waals surface area contributed by atoms with Crippen LogP contribution >= 0.6 is 11.3 Å². The lowest BCUT2D eigenvalue weighted by Gasteiger charge is -2.17. The number of nitrogens with one attached hydrogen (secondary N) is 1. The van der Waals surface area contributed by atoms with Gasteiger partial charge in [-0.25, -0.2) is 4.98 Å². The van der Waals surface area contributed by atoms with Crippen molar-refractivity contribution < 1.29 is 23.8 Å². The average molecular weight is 468 g/mol. The Hall–Kier alpha value is -3.85. The largest absolute Gasteiger partial charge is 0.496 e. The van der Waals surface area contributed by atoms with E-state index in [9.17, 15) is 9.59 Å². The van der Waals surface area contributed by atoms with E-state index < -0.39 is 0 Å². The van der Waals surface area contributed by atoms with Crippen LogP contribution in [0.2, 0.25) is 0 Å². The van der Waals surface area contributed by atoms with Gasteiger partial charge in [-0.05, 0) is 24.3 Å². The minimum atomic E-state index is -0.298. The molecule has 0 saturated heterocycles. The lowest BCUT2D eigenvalue weighted by atomic mass is 10.1. The Labute approximate surface area is 196 Å². The average Bonchev–Trinajstić information content (AvgIpc) is 3.29. The molecule has 3 aromatic rings. The summed E-state index contributed by atoms with van der Waals surface area (Å²) >= 11 is 1.32. The highest BCUT2D eigenvalue weighted by Gasteiger charge is 2.17. The van der Waals surface area contributed by atoms with Crippen LogP contribution in [0.4, 0.5) is 10.8 Å². The van der Waals surface area contributed by atoms with E-state index >= 15 is 0 Å². The molecule has 33 heavy (non-hydrogen) atoms. The molecule has 0 aliphatic rings. The molecule has 1 aromatic heterocycles. The summed E-state index contributed by atoms with van der Waals surface area (Å²) in [4.78, 5) is 30.5. The first kappa shape index (κ1) is 23.8. The van der Waals surface area contributed by atoms with Crippen molar-refractivity contribution in [3.05, 3.63) is 65.2 Å². The molecule has 172 valence electrons. The number of hydrogen-bond acceptors (Lipinski definition) is 7. The maximum absolute atomic E-state index is 12.4. The van der Waals surface area contributed by atoms with Gasteiger partial charge >= 0.3 is 0 Å². The molecule has 2 aromatic carbocycles. The van der Waals surface area contributed by atoms with Gasteiger partial charge in [0.1, 0.15) is 5.75 Å². The summed E-state index contributed by atoms with van der Waals surface area (Å²) in [5.41, 5.74) is 2.06. The molecule has 0 aliphatic carbocycles. The third-order valence-corrected chi connectivity index (χ3v) is 5.52. The fraction of sp³-hybridized carbons (Fsp3) is 0.208. The molecule has 9 heteroatoms. The monoisotopic (exact) mass is 467 g/mol. The first-order valence-electron chi connectivity index (χ1n) is 10.0. The van der Waals surface area contributed by atoms with Crippen LogP contribution < -0.4 is 24.4 Å². The SMILES string of the molecule is COc1cc(OC)c(OC)cc1CNC(=O)/C=C/c1csc(N(C(C)=O)c2ccccc2)n1. The van der Waals surface area contributed by atoms with Crippen molar-refractivity contribution in [3.8, 4) is 17.2 Å². The molecule has 0 fully saturated rings. The summed E-state index contributed by atoms with van der Waals surface area (Å²) in [7, 11) is 4.64. The molecule has 0 radical (unpaired) electrons. The van der Waals surface area contributed by atoms with Crippen LogP contribution in [0.3, 0.4) is 0 Å². The Bertz CT molecular complexity index is 1140. The van der Waals surface area contributed by atoms with E-state index in [4.69, 9.17) is 14.2 Å². The van der Waals surface area contributed by atoms with Gasteiger partial charge in [-0.1, -0.05) is 18.2 Å². The van der Waals surface area contributed by atoms with Crippen LogP contribution in [0.25, 0.3) is 6.08 Å². The van der Waals surface area contributed by atoms with Crippen molar-refractivity contribution in [2.24, 2.45) is 0 Å². The van der Waals surface area contributed by atoms with E-state index in [0.29, 0.717) is 28.1 Å². The van der Waals surface area contributed by atoms with Crippen molar-refractivity contribution in [2.45, 2.75) is 13.5 Å². The van der Waals surface area contributed by atoms with Gasteiger partial charge in [0, 0.05) is 36.6 Å². The number of nitrogens with zero attached hydrogens (tertiary/aromatic N) is 2. The van der Waals surface area contributed by atoms with Gasteiger partial charge in [-0.2, -0.15) is 0 Å². The first-order chi connectivity index (χ1) is 16.0. The molecule has 0 saturated carbocycles. The van der Waals surface area contributed by atoms with Gasteiger partial charge in [-0.15, -0.1) is 11.3 Å². The second kappa shape index (κ2) is 11.1. The first-order valence-corrected chi connectivity index (χ1v) is 10.9. The number of para-hydroxylation sites is 1. The number of hydrogen-bond donors (Lipinski definition) is 1. The summed E-state index contributed by atoms with van der Waals surface area (Å²) in [6, 6.07) is 12.8. The Morgan fingerprint density at radius 3 is 2.33 bits per heavy atom. The van der Waals surface area contributed by atoms with Gasteiger partial charge in [-0.3, -0.25) is 14.5 Å². The normalized spacial score (nSPS) is 10.7. The fourth-order valence-electron chi connectivity index (χ4n) is 3.09. The van der Waals surface area contributed by atoms with E-state index in [1.807, 2.05) is 30.3 Å². The highest BCUT2D eigenvalue weighted by Crippen LogP contribution is 2.34. The lowest BCUT2D eigenvalue weighted by Crippen LogP contribution is -2.22. The molecule has 1 N–H and O–H groups in total. The molecule has 0 spiro atoms. The van der Waals surface area contributed by atoms with Gasteiger partial charge in [0.25, 0.3) is 0 Å². The van der Waals surface area contributed by atoms with Gasteiger partial charge < -0.3 is 19.5 Å². The van der Waals surface area contributed by atoms with Gasteiger partial charge in [0.15, 0.2) is 16.6 Å². The maximum Gasteiger partial charge on any atom is 0.244 e. The van der Waals surface area contributed by atoms with E-state index in [-0.39, 0.29) is 18.4 Å². The summed E-state index contributed by atoms with van der Waals surface area (Å²) in [6.45, 7) is 1.72. The van der Waals surface area contributed by atoms with Gasteiger partial charge in [0.05, 0.1) is 32.7 Å². The standard InChI is InChI=1S/C24H25N3O5S/c1-16(28)27(19-8-6-5-7-9-19)24-26-18(15-33-24)10-11-23(29)25-14-17-12-21(31-3)22(32-4)13-20(17)30-2/h5-13,15H,14H2,1-4H3,(H,25,29)/b11-10+. The minimum absolute atomic E-state index is 0.146. The molecule has 8 nitrogen and oxygen atoms in total. The Kier molecular flexibility index (Phi) is 8.04. The van der Waals surface area contributed by atoms with Crippen molar-refractivity contribution in [1.29, 1.82) is 0 Å². The molecule has 0 atom stereocenters. The predicted octanol–water partition coefficient (Wildman–Crippen LogP) is 4.18. The third-order valence-electron chi connectivity index (χ3n) is 4.68. The zero-order valence-corrected chi connectivity index (χ0v) is 19.6. The number of aromatic nitrogens is 1. The third kappa shape index (κ3) is 5.89. The quantitative estimate of drug-likeness (QED) is 0.475. The van der Waals surface area contributed by atoms with Crippen molar-refractivity contribution in [1.82, 2.24) is 10.3 Å². The van der Waals surface area contributed by atoms with Crippen LogP contribution in [0, 0.1) is 0 Å². The summed E-state index contributed by atoms with van der Waals surface area (Å²) in [5, 5.41) is 5.13. The van der Waals surface area contributed by atoms with E-state index in [0.717, 1.165) is 11.3 Å². The summed E-state index contributed by atoms with van der Waals surface area (Å²) < 4.78 is 16.0. The number of thiazole rings is 1. The molecule has 3 rings (SSSR count). The summed E-state index contributed by atoms with van der Waals surface area (Å²) in [6.07, 6.45) is 3.00. The summed E-state index contributed by atoms with van der Waals surface area (Å²) in [5.74, 6) is 1.21. The molecule has 2 amide bonds. The van der Waals surface area contributed by atoms with Crippen molar-refractivity contribution >= 4 is 40.0 Å². The van der Waals surface area contributed by atoms with Crippen LogP contribution in [0.1, 0.15) is 18.2 Å². The predicted molar refractivity (Wildman–Crippen MR) is 128 cm³/mol. The zero-order chi connectivity index (χ0) is 23.8. The van der Waals surface area contributed by atoms with E-state index in [1.54, 1.807) is 44.9 Å². The number of methoxy groups -OCH3 is 3. The number of amides is 2. The van der Waals surface area contributed by atoms with Gasteiger partial charge in [0.2, 0.25) is 11.8 Å². The number of benzene rings is 2. The fourth-order valence-corrected chi connectivity index (χ4v) is 3.95. The van der Waals surface area contributed by atoms with Crippen LogP contribution in [-0.4, -0.2) is 38.1 Å². The van der Waals surface area contributed by atoms with Crippen LogP contribution in [-0.2, 0) is 16.1 Å². The lowest BCUT2D eigenvalue weighted by molar-refractivity contribution is -0.117. The second-order valence-electron chi connectivity index (χ2n) is 6.82. The Morgan fingerprint density at radius 1 is 1.03 bits per heavy atom. The second-order valence-corrected chi connectivity index (χ2v) is 7.65. The highest BCUT2D eigenvalue weighted by molar-refractivity contribution is 7.14. The highest BCUT2D eigenvalue weighted by atomic mass is 32.1. The van der Waals surface area contributed by atoms with Crippen molar-refractivity contribution in [3.63, 3.8) is 0 Å². The Morgan fingerprint density at radius 2 is 1.70 bits per heavy atom. The number of rotatable bonds is 9. The smallest absolute Gasteiger partial charge is 0.244 e. The molecule has 1 heterocycles. The minimum Gasteiger partial charge on any atom is -0.496 e. The topological polar surface area (TPSA) is 90.0 Å². The van der Waals surface area contributed by atoms with Crippen molar-refractivity contribution in [2.75, 3.05) is 26.2 Å². The molecular formula is C24H25N3O5S. The number of anilines is 2. The number of carbonyl (C=O) groups is 2. The van der Waals surface area contributed by atoms with Crippen LogP contribution in [0.15, 0.2) is 53.9 Å². The number of ether oxygens (including phenoxy) is 3. The van der Waals surface area contributed by atoms with E-state index in [1.165, 1.54) is 29.2 Å². The maximum atomic E-state index is 12.4. The zero-order valence-electron chi connectivity index (χ0n) is 18.8. The molecule has 0 unspecified atom stereocenters. The Balaban J connectivity index is 1.67. The molecule has 0 bridgehead atoms. The molecule has 0 aliphatic heterocycles. The molecular weight excluding hydrogens is 442 g/mol. The van der Waals surface area contributed by atoms with Crippen LogP contribution in [0.5, 0.6) is 17.2 Å². The number of carbonyl (C=O) groups excluding carboxylic acids is 2.